The van der Waals surface area contributed by atoms with E-state index in [1.165, 1.54) is 32.1 Å². The minimum atomic E-state index is 0.426. The van der Waals surface area contributed by atoms with Gasteiger partial charge in [-0.15, -0.1) is 0 Å². The molecule has 0 aromatic rings. The van der Waals surface area contributed by atoms with Crippen LogP contribution in [0.15, 0.2) is 0 Å². The highest BCUT2D eigenvalue weighted by Gasteiger charge is 2.56. The van der Waals surface area contributed by atoms with Gasteiger partial charge in [-0.2, -0.15) is 0 Å². The largest absolute Gasteiger partial charge is 0.327 e. The molecule has 0 aromatic heterocycles. The molecule has 0 amide bonds. The molecule has 108 valence electrons. The Morgan fingerprint density at radius 1 is 0.842 bits per heavy atom. The van der Waals surface area contributed by atoms with E-state index in [1.54, 1.807) is 32.1 Å². The first-order chi connectivity index (χ1) is 9.19. The van der Waals surface area contributed by atoms with E-state index in [0.29, 0.717) is 11.5 Å². The minimum Gasteiger partial charge on any atom is -0.327 e. The Morgan fingerprint density at radius 2 is 1.37 bits per heavy atom. The van der Waals surface area contributed by atoms with Gasteiger partial charge in [0.2, 0.25) is 0 Å². The van der Waals surface area contributed by atoms with Crippen LogP contribution in [0.5, 0.6) is 0 Å². The van der Waals surface area contributed by atoms with Crippen molar-refractivity contribution in [2.24, 2.45) is 40.7 Å². The van der Waals surface area contributed by atoms with Gasteiger partial charge in [-0.25, -0.2) is 0 Å². The molecule has 0 heterocycles. The van der Waals surface area contributed by atoms with E-state index in [-0.39, 0.29) is 0 Å². The molecule has 0 radical (unpaired) electrons. The molecule has 1 unspecified atom stereocenters. The summed E-state index contributed by atoms with van der Waals surface area (Å²) in [6, 6.07) is 0.426. The van der Waals surface area contributed by atoms with Crippen LogP contribution in [0.1, 0.15) is 71.1 Å². The van der Waals surface area contributed by atoms with Crippen molar-refractivity contribution in [2.75, 3.05) is 0 Å². The zero-order valence-corrected chi connectivity index (χ0v) is 12.6. The second-order valence-electron chi connectivity index (χ2n) is 8.54. The van der Waals surface area contributed by atoms with Crippen LogP contribution in [0.4, 0.5) is 0 Å². The number of hydrogen-bond donors (Lipinski definition) is 1. The maximum atomic E-state index is 6.58. The first-order valence-corrected chi connectivity index (χ1v) is 8.94. The summed E-state index contributed by atoms with van der Waals surface area (Å²) in [5, 5.41) is 0. The molecule has 5 rings (SSSR count). The average molecular weight is 261 g/mol. The van der Waals surface area contributed by atoms with E-state index in [4.69, 9.17) is 5.73 Å². The maximum absolute atomic E-state index is 6.58. The Bertz CT molecular complexity index is 312. The van der Waals surface area contributed by atoms with E-state index in [2.05, 4.69) is 6.92 Å². The second kappa shape index (κ2) is 4.48. The Balaban J connectivity index is 1.66. The van der Waals surface area contributed by atoms with Crippen LogP contribution in [0.2, 0.25) is 0 Å². The lowest BCUT2D eigenvalue weighted by molar-refractivity contribution is -0.116. The van der Waals surface area contributed by atoms with Crippen molar-refractivity contribution in [3.63, 3.8) is 0 Å². The lowest BCUT2D eigenvalue weighted by Crippen LogP contribution is -2.57. The van der Waals surface area contributed by atoms with Gasteiger partial charge in [-0.1, -0.05) is 19.3 Å². The SMILES string of the molecule is CC(N)C1(C2C3CC4CC(C3)CC2C4)CCCCC1. The summed E-state index contributed by atoms with van der Waals surface area (Å²) in [5.41, 5.74) is 7.11. The summed E-state index contributed by atoms with van der Waals surface area (Å²) in [6.45, 7) is 2.33. The van der Waals surface area contributed by atoms with Crippen LogP contribution >= 0.6 is 0 Å². The molecule has 4 bridgehead atoms. The summed E-state index contributed by atoms with van der Waals surface area (Å²) in [7, 11) is 0. The fourth-order valence-corrected chi connectivity index (χ4v) is 7.17. The molecule has 1 nitrogen and oxygen atoms in total. The van der Waals surface area contributed by atoms with Crippen molar-refractivity contribution in [3.8, 4) is 0 Å². The van der Waals surface area contributed by atoms with Gasteiger partial charge in [-0.05, 0) is 86.9 Å². The third-order valence-corrected chi connectivity index (χ3v) is 7.58. The quantitative estimate of drug-likeness (QED) is 0.785. The number of nitrogens with two attached hydrogens (primary N) is 1. The van der Waals surface area contributed by atoms with Crippen LogP contribution in [0.3, 0.4) is 0 Å². The molecular weight excluding hydrogens is 230 g/mol. The van der Waals surface area contributed by atoms with Crippen molar-refractivity contribution in [1.29, 1.82) is 0 Å². The van der Waals surface area contributed by atoms with Crippen molar-refractivity contribution in [2.45, 2.75) is 77.2 Å². The third kappa shape index (κ3) is 1.83. The van der Waals surface area contributed by atoms with Crippen LogP contribution in [0, 0.1) is 35.0 Å². The maximum Gasteiger partial charge on any atom is 0.00698 e. The van der Waals surface area contributed by atoms with Crippen molar-refractivity contribution >= 4 is 0 Å². The predicted molar refractivity (Wildman–Crippen MR) is 79.7 cm³/mol. The lowest BCUT2D eigenvalue weighted by Gasteiger charge is -2.62. The first kappa shape index (κ1) is 12.7. The zero-order valence-electron chi connectivity index (χ0n) is 12.6. The second-order valence-corrected chi connectivity index (χ2v) is 8.54. The van der Waals surface area contributed by atoms with Crippen molar-refractivity contribution in [1.82, 2.24) is 0 Å². The number of hydrogen-bond acceptors (Lipinski definition) is 1. The predicted octanol–water partition coefficient (Wildman–Crippen LogP) is 4.36. The van der Waals surface area contributed by atoms with Crippen LogP contribution in [-0.4, -0.2) is 6.04 Å². The average Bonchev–Trinajstić information content (AvgIpc) is 2.38. The van der Waals surface area contributed by atoms with Crippen LogP contribution in [-0.2, 0) is 0 Å². The summed E-state index contributed by atoms with van der Waals surface area (Å²) in [4.78, 5) is 0. The Hall–Kier alpha value is -0.0400. The minimum absolute atomic E-state index is 0.426. The molecule has 0 spiro atoms. The van der Waals surface area contributed by atoms with Gasteiger partial charge >= 0.3 is 0 Å². The normalized spacial score (nSPS) is 49.3. The molecule has 1 heteroatoms. The fraction of sp³-hybridized carbons (Fsp3) is 1.00. The molecule has 0 aliphatic heterocycles. The summed E-state index contributed by atoms with van der Waals surface area (Å²) in [6.07, 6.45) is 15.1. The standard InChI is InChI=1S/C18H31N/c1-12(19)18(5-3-2-4-6-18)17-15-8-13-7-14(10-15)11-16(17)9-13/h12-17H,2-11,19H2,1H3. The molecule has 2 N–H and O–H groups in total. The molecule has 19 heavy (non-hydrogen) atoms. The van der Waals surface area contributed by atoms with Crippen LogP contribution < -0.4 is 5.73 Å². The Kier molecular flexibility index (Phi) is 2.99. The molecule has 5 aliphatic carbocycles. The molecule has 5 fully saturated rings. The van der Waals surface area contributed by atoms with Gasteiger partial charge in [0.1, 0.15) is 0 Å². The highest BCUT2D eigenvalue weighted by Crippen LogP contribution is 2.64. The van der Waals surface area contributed by atoms with E-state index >= 15 is 0 Å². The highest BCUT2D eigenvalue weighted by atomic mass is 14.7. The first-order valence-electron chi connectivity index (χ1n) is 8.94. The zero-order chi connectivity index (χ0) is 13.0. The topological polar surface area (TPSA) is 26.0 Å². The van der Waals surface area contributed by atoms with Gasteiger partial charge in [0.05, 0.1) is 0 Å². The molecular formula is C18H31N. The van der Waals surface area contributed by atoms with E-state index in [0.717, 1.165) is 29.6 Å². The third-order valence-electron chi connectivity index (χ3n) is 7.58. The fourth-order valence-electron chi connectivity index (χ4n) is 7.17. The lowest BCUT2D eigenvalue weighted by atomic mass is 9.44. The molecule has 0 saturated heterocycles. The van der Waals surface area contributed by atoms with Gasteiger partial charge in [0.15, 0.2) is 0 Å². The highest BCUT2D eigenvalue weighted by molar-refractivity contribution is 5.07. The Morgan fingerprint density at radius 3 is 1.84 bits per heavy atom. The summed E-state index contributed by atoms with van der Waals surface area (Å²) in [5.74, 6) is 5.32. The van der Waals surface area contributed by atoms with Crippen LogP contribution in [0.25, 0.3) is 0 Å². The van der Waals surface area contributed by atoms with E-state index < -0.39 is 0 Å². The van der Waals surface area contributed by atoms with Crippen molar-refractivity contribution in [3.05, 3.63) is 0 Å². The summed E-state index contributed by atoms with van der Waals surface area (Å²) >= 11 is 0. The molecule has 5 aliphatic rings. The van der Waals surface area contributed by atoms with Gasteiger partial charge in [0.25, 0.3) is 0 Å². The molecule has 1 atom stereocenters. The monoisotopic (exact) mass is 261 g/mol. The van der Waals surface area contributed by atoms with Gasteiger partial charge in [-0.3, -0.25) is 0 Å². The Labute approximate surface area is 118 Å². The number of rotatable bonds is 2. The molecule has 0 aromatic carbocycles. The van der Waals surface area contributed by atoms with E-state index in [9.17, 15) is 0 Å². The van der Waals surface area contributed by atoms with Crippen molar-refractivity contribution < 1.29 is 0 Å². The van der Waals surface area contributed by atoms with Gasteiger partial charge in [0, 0.05) is 6.04 Å². The van der Waals surface area contributed by atoms with Gasteiger partial charge < -0.3 is 5.73 Å². The smallest absolute Gasteiger partial charge is 0.00698 e. The molecule has 5 saturated carbocycles. The summed E-state index contributed by atoms with van der Waals surface area (Å²) < 4.78 is 0. The van der Waals surface area contributed by atoms with E-state index in [1.807, 2.05) is 0 Å².